The summed E-state index contributed by atoms with van der Waals surface area (Å²) in [6, 6.07) is 18.8. The van der Waals surface area contributed by atoms with Gasteiger partial charge >= 0.3 is 0 Å². The van der Waals surface area contributed by atoms with Crippen LogP contribution in [-0.2, 0) is 6.42 Å². The molecule has 0 heterocycles. The van der Waals surface area contributed by atoms with Crippen molar-refractivity contribution in [2.75, 3.05) is 0 Å². The second-order valence-corrected chi connectivity index (χ2v) is 10.4. The van der Waals surface area contributed by atoms with Crippen LogP contribution in [0, 0.1) is 5.92 Å². The summed E-state index contributed by atoms with van der Waals surface area (Å²) in [5.41, 5.74) is 5.77. The molecule has 0 aromatic heterocycles. The van der Waals surface area contributed by atoms with E-state index in [2.05, 4.69) is 62.4 Å². The zero-order chi connectivity index (χ0) is 22.4. The molecule has 0 aliphatic heterocycles. The molecule has 1 aliphatic carbocycles. The fourth-order valence-corrected chi connectivity index (χ4v) is 5.57. The summed E-state index contributed by atoms with van der Waals surface area (Å²) in [5.74, 6) is 1.78. The number of benzene rings is 2. The molecule has 2 aromatic rings. The van der Waals surface area contributed by atoms with E-state index in [1.165, 1.54) is 119 Å². The van der Waals surface area contributed by atoms with Crippen LogP contribution in [0.5, 0.6) is 0 Å². The second-order valence-electron chi connectivity index (χ2n) is 10.4. The topological polar surface area (TPSA) is 0 Å². The highest BCUT2D eigenvalue weighted by Gasteiger charge is 2.22. The zero-order valence-corrected chi connectivity index (χ0v) is 21.1. The first kappa shape index (κ1) is 25.1. The van der Waals surface area contributed by atoms with Crippen LogP contribution in [0.25, 0.3) is 11.1 Å². The second kappa shape index (κ2) is 14.6. The van der Waals surface area contributed by atoms with Crippen LogP contribution in [0.15, 0.2) is 48.5 Å². The van der Waals surface area contributed by atoms with Gasteiger partial charge in [0.1, 0.15) is 0 Å². The van der Waals surface area contributed by atoms with E-state index < -0.39 is 0 Å². The molecular weight excluding hydrogens is 384 g/mol. The van der Waals surface area contributed by atoms with Crippen molar-refractivity contribution in [3.63, 3.8) is 0 Å². The van der Waals surface area contributed by atoms with Gasteiger partial charge in [-0.1, -0.05) is 127 Å². The Morgan fingerprint density at radius 1 is 0.562 bits per heavy atom. The first-order valence-corrected chi connectivity index (χ1v) is 14.0. The molecular formula is C32H48. The molecule has 0 N–H and O–H groups in total. The lowest BCUT2D eigenvalue weighted by Gasteiger charge is -2.29. The molecule has 0 amide bonds. The van der Waals surface area contributed by atoms with Crippen LogP contribution in [0.1, 0.15) is 127 Å². The Labute approximate surface area is 199 Å². The summed E-state index contributed by atoms with van der Waals surface area (Å²) < 4.78 is 0. The van der Waals surface area contributed by atoms with Crippen LogP contribution in [0.4, 0.5) is 0 Å². The van der Waals surface area contributed by atoms with Gasteiger partial charge in [-0.15, -0.1) is 0 Å². The van der Waals surface area contributed by atoms with Gasteiger partial charge < -0.3 is 0 Å². The molecule has 1 aliphatic rings. The fourth-order valence-electron chi connectivity index (χ4n) is 5.57. The van der Waals surface area contributed by atoms with Crippen molar-refractivity contribution in [2.45, 2.75) is 122 Å². The average molecular weight is 433 g/mol. The highest BCUT2D eigenvalue weighted by molar-refractivity contribution is 5.64. The van der Waals surface area contributed by atoms with Crippen LogP contribution in [0.2, 0.25) is 0 Å². The van der Waals surface area contributed by atoms with E-state index in [0.29, 0.717) is 0 Å². The Morgan fingerprint density at radius 2 is 1.09 bits per heavy atom. The van der Waals surface area contributed by atoms with Crippen LogP contribution in [0.3, 0.4) is 0 Å². The molecule has 0 spiro atoms. The lowest BCUT2D eigenvalue weighted by atomic mass is 9.77. The fraction of sp³-hybridized carbons (Fsp3) is 0.625. The maximum absolute atomic E-state index is 2.41. The summed E-state index contributed by atoms with van der Waals surface area (Å²) in [4.78, 5) is 0. The summed E-state index contributed by atoms with van der Waals surface area (Å²) in [7, 11) is 0. The molecule has 0 heteroatoms. The third kappa shape index (κ3) is 8.42. The number of aryl methyl sites for hydroxylation is 1. The Hall–Kier alpha value is -1.56. The molecule has 2 aromatic carbocycles. The Morgan fingerprint density at radius 3 is 1.72 bits per heavy atom. The Kier molecular flexibility index (Phi) is 11.4. The van der Waals surface area contributed by atoms with Gasteiger partial charge in [0.25, 0.3) is 0 Å². The molecule has 0 saturated heterocycles. The van der Waals surface area contributed by atoms with E-state index in [-0.39, 0.29) is 0 Å². The van der Waals surface area contributed by atoms with Crippen molar-refractivity contribution in [2.24, 2.45) is 5.92 Å². The minimum absolute atomic E-state index is 0.787. The van der Waals surface area contributed by atoms with E-state index in [1.54, 1.807) is 5.56 Å². The molecule has 176 valence electrons. The molecule has 3 rings (SSSR count). The van der Waals surface area contributed by atoms with Gasteiger partial charge in [0, 0.05) is 0 Å². The number of hydrogen-bond donors (Lipinski definition) is 0. The smallest absolute Gasteiger partial charge is 0.0162 e. The SMILES string of the molecule is CCCCCCCCCC1CCC(c2ccc(-c3ccc(CCCCC)cc3)cc2)CC1. The quantitative estimate of drug-likeness (QED) is 0.260. The largest absolute Gasteiger partial charge is 0.0654 e. The van der Waals surface area contributed by atoms with Crippen LogP contribution >= 0.6 is 0 Å². The molecule has 0 radical (unpaired) electrons. The van der Waals surface area contributed by atoms with Crippen molar-refractivity contribution in [1.29, 1.82) is 0 Å². The molecule has 0 atom stereocenters. The monoisotopic (exact) mass is 432 g/mol. The third-order valence-electron chi connectivity index (χ3n) is 7.80. The standard InChI is InChI=1S/C32H48/c1-3-5-7-8-9-10-12-14-28-17-21-30(22-18-28)32-25-23-31(24-26-32)29-19-15-27(16-20-29)13-11-6-4-2/h15-16,19-20,23-26,28,30H,3-14,17-18,21-22H2,1-2H3. The predicted molar refractivity (Wildman–Crippen MR) is 142 cm³/mol. The molecule has 0 nitrogen and oxygen atoms in total. The molecule has 1 saturated carbocycles. The minimum Gasteiger partial charge on any atom is -0.0654 e. The van der Waals surface area contributed by atoms with Crippen LogP contribution < -0.4 is 0 Å². The maximum atomic E-state index is 2.41. The first-order chi connectivity index (χ1) is 15.8. The summed E-state index contributed by atoms with van der Waals surface area (Å²) >= 11 is 0. The van der Waals surface area contributed by atoms with Gasteiger partial charge in [0.2, 0.25) is 0 Å². The zero-order valence-electron chi connectivity index (χ0n) is 21.1. The van der Waals surface area contributed by atoms with E-state index in [4.69, 9.17) is 0 Å². The molecule has 0 unspecified atom stereocenters. The Balaban J connectivity index is 1.38. The van der Waals surface area contributed by atoms with E-state index >= 15 is 0 Å². The van der Waals surface area contributed by atoms with Crippen molar-refractivity contribution >= 4 is 0 Å². The highest BCUT2D eigenvalue weighted by atomic mass is 14.3. The number of unbranched alkanes of at least 4 members (excludes halogenated alkanes) is 8. The van der Waals surface area contributed by atoms with Gasteiger partial charge in [-0.3, -0.25) is 0 Å². The lowest BCUT2D eigenvalue weighted by Crippen LogP contribution is -2.13. The van der Waals surface area contributed by atoms with Gasteiger partial charge in [-0.25, -0.2) is 0 Å². The summed E-state index contributed by atoms with van der Waals surface area (Å²) in [5, 5.41) is 0. The summed E-state index contributed by atoms with van der Waals surface area (Å²) in [6.07, 6.45) is 22.4. The van der Waals surface area contributed by atoms with E-state index in [0.717, 1.165) is 11.8 Å². The van der Waals surface area contributed by atoms with Crippen molar-refractivity contribution in [3.8, 4) is 11.1 Å². The number of hydrogen-bond acceptors (Lipinski definition) is 0. The predicted octanol–water partition coefficient (Wildman–Crippen LogP) is 10.5. The van der Waals surface area contributed by atoms with Crippen LogP contribution in [-0.4, -0.2) is 0 Å². The van der Waals surface area contributed by atoms with Crippen molar-refractivity contribution in [3.05, 3.63) is 59.7 Å². The van der Waals surface area contributed by atoms with Gasteiger partial charge in [-0.2, -0.15) is 0 Å². The van der Waals surface area contributed by atoms with Crippen molar-refractivity contribution < 1.29 is 0 Å². The van der Waals surface area contributed by atoms with Gasteiger partial charge in [0.05, 0.1) is 0 Å². The maximum Gasteiger partial charge on any atom is -0.0162 e. The molecule has 0 bridgehead atoms. The Bertz CT molecular complexity index is 716. The first-order valence-electron chi connectivity index (χ1n) is 14.0. The van der Waals surface area contributed by atoms with E-state index in [1.807, 2.05) is 0 Å². The lowest BCUT2D eigenvalue weighted by molar-refractivity contribution is 0.302. The highest BCUT2D eigenvalue weighted by Crippen LogP contribution is 2.38. The third-order valence-corrected chi connectivity index (χ3v) is 7.80. The average Bonchev–Trinajstić information content (AvgIpc) is 2.85. The molecule has 1 fully saturated rings. The normalized spacial score (nSPS) is 18.7. The van der Waals surface area contributed by atoms with Gasteiger partial charge in [-0.05, 0) is 72.6 Å². The molecule has 32 heavy (non-hydrogen) atoms. The number of rotatable bonds is 14. The minimum atomic E-state index is 0.787. The van der Waals surface area contributed by atoms with Crippen molar-refractivity contribution in [1.82, 2.24) is 0 Å². The van der Waals surface area contributed by atoms with Gasteiger partial charge in [0.15, 0.2) is 0 Å². The summed E-state index contributed by atoms with van der Waals surface area (Å²) in [6.45, 7) is 4.58. The van der Waals surface area contributed by atoms with E-state index in [9.17, 15) is 0 Å².